The van der Waals surface area contributed by atoms with Gasteiger partial charge in [-0.2, -0.15) is 5.26 Å². The Bertz CT molecular complexity index is 896. The summed E-state index contributed by atoms with van der Waals surface area (Å²) in [6.45, 7) is 7.72. The highest BCUT2D eigenvalue weighted by atomic mass is 35.5. The fraction of sp³-hybridized carbons (Fsp3) is 0.609. The minimum absolute atomic E-state index is 0. The molecule has 1 amide bonds. The lowest BCUT2D eigenvalue weighted by Crippen LogP contribution is -2.52. The molecule has 2 aromatic rings. The van der Waals surface area contributed by atoms with Crippen molar-refractivity contribution < 1.29 is 9.53 Å². The van der Waals surface area contributed by atoms with Gasteiger partial charge in [0.1, 0.15) is 0 Å². The number of nitriles is 1. The standard InChI is InChI=1S/C23H33N5O2.2ClH/c1-17(2)16-28(19-12-18(13-24)14-25-15-19)23(29)22-26-20-8-4-5-9-21(20)27(22)10-6-7-11-30-3;;/h4-5,8-9,17-19,25H,6-7,10-12,14-16H2,1-3H3;2*1H/t18-,19-;;/m0../s1. The summed E-state index contributed by atoms with van der Waals surface area (Å²) in [6, 6.07) is 10.3. The molecular weight excluding hydrogens is 449 g/mol. The van der Waals surface area contributed by atoms with Gasteiger partial charge in [-0.15, -0.1) is 24.8 Å². The van der Waals surface area contributed by atoms with E-state index in [1.165, 1.54) is 0 Å². The first-order valence-corrected chi connectivity index (χ1v) is 10.9. The molecule has 1 aliphatic rings. The number of carbonyl (C=O) groups excluding carboxylic acids is 1. The van der Waals surface area contributed by atoms with Gasteiger partial charge in [0.25, 0.3) is 5.91 Å². The van der Waals surface area contributed by atoms with E-state index in [0.29, 0.717) is 44.4 Å². The predicted molar refractivity (Wildman–Crippen MR) is 132 cm³/mol. The summed E-state index contributed by atoms with van der Waals surface area (Å²) in [7, 11) is 1.71. The molecule has 9 heteroatoms. The zero-order valence-electron chi connectivity index (χ0n) is 19.1. The molecule has 32 heavy (non-hydrogen) atoms. The van der Waals surface area contributed by atoms with Crippen LogP contribution in [0.5, 0.6) is 0 Å². The molecule has 1 saturated heterocycles. The zero-order valence-corrected chi connectivity index (χ0v) is 20.8. The number of ether oxygens (including phenoxy) is 1. The van der Waals surface area contributed by atoms with E-state index in [2.05, 4.69) is 29.8 Å². The van der Waals surface area contributed by atoms with Gasteiger partial charge in [0.05, 0.1) is 23.0 Å². The van der Waals surface area contributed by atoms with Crippen LogP contribution in [0.4, 0.5) is 0 Å². The molecule has 1 fully saturated rings. The second-order valence-electron chi connectivity index (χ2n) is 8.50. The minimum atomic E-state index is -0.0703. The number of aromatic nitrogens is 2. The van der Waals surface area contributed by atoms with E-state index in [4.69, 9.17) is 9.72 Å². The second kappa shape index (κ2) is 13.6. The Morgan fingerprint density at radius 1 is 1.31 bits per heavy atom. The van der Waals surface area contributed by atoms with Gasteiger partial charge in [-0.1, -0.05) is 26.0 Å². The fourth-order valence-corrected chi connectivity index (χ4v) is 4.16. The van der Waals surface area contributed by atoms with Gasteiger partial charge in [-0.3, -0.25) is 4.79 Å². The molecule has 1 aromatic carbocycles. The number of hydrogen-bond acceptors (Lipinski definition) is 5. The Morgan fingerprint density at radius 3 is 2.75 bits per heavy atom. The number of benzene rings is 1. The van der Waals surface area contributed by atoms with Crippen LogP contribution in [0, 0.1) is 23.2 Å². The number of unbranched alkanes of at least 4 members (excludes halogenated alkanes) is 1. The fourth-order valence-electron chi connectivity index (χ4n) is 4.16. The van der Waals surface area contributed by atoms with Crippen molar-refractivity contribution in [1.29, 1.82) is 5.26 Å². The van der Waals surface area contributed by atoms with Gasteiger partial charge in [0.2, 0.25) is 0 Å². The average molecular weight is 484 g/mol. The molecule has 0 unspecified atom stereocenters. The highest BCUT2D eigenvalue weighted by Crippen LogP contribution is 2.23. The smallest absolute Gasteiger partial charge is 0.290 e. The SMILES string of the molecule is COCCCCn1c(C(=O)N(CC(C)C)[C@@H]2CNC[C@H](C#N)C2)nc2ccccc21.Cl.Cl. The van der Waals surface area contributed by atoms with Gasteiger partial charge in [-0.25, -0.2) is 4.98 Å². The monoisotopic (exact) mass is 483 g/mol. The average Bonchev–Trinajstić information content (AvgIpc) is 3.13. The molecule has 178 valence electrons. The first-order chi connectivity index (χ1) is 14.5. The molecule has 2 atom stereocenters. The summed E-state index contributed by atoms with van der Waals surface area (Å²) in [5, 5.41) is 12.7. The van der Waals surface area contributed by atoms with Crippen molar-refractivity contribution in [3.8, 4) is 6.07 Å². The minimum Gasteiger partial charge on any atom is -0.385 e. The highest BCUT2D eigenvalue weighted by Gasteiger charge is 2.32. The van der Waals surface area contributed by atoms with Gasteiger partial charge >= 0.3 is 0 Å². The number of amides is 1. The number of methoxy groups -OCH3 is 1. The second-order valence-corrected chi connectivity index (χ2v) is 8.50. The first kappa shape index (κ1) is 28.2. The number of halogens is 2. The first-order valence-electron chi connectivity index (χ1n) is 10.9. The normalized spacial score (nSPS) is 18.0. The van der Waals surface area contributed by atoms with Crippen LogP contribution in [0.1, 0.15) is 43.7 Å². The summed E-state index contributed by atoms with van der Waals surface area (Å²) >= 11 is 0. The molecule has 1 aromatic heterocycles. The zero-order chi connectivity index (χ0) is 21.5. The molecule has 0 radical (unpaired) electrons. The third kappa shape index (κ3) is 6.82. The molecule has 0 saturated carbocycles. The molecule has 3 rings (SSSR count). The maximum absolute atomic E-state index is 13.8. The van der Waals surface area contributed by atoms with Crippen LogP contribution >= 0.6 is 24.8 Å². The summed E-state index contributed by atoms with van der Waals surface area (Å²) < 4.78 is 7.23. The number of rotatable bonds is 9. The lowest BCUT2D eigenvalue weighted by Gasteiger charge is -2.37. The van der Waals surface area contributed by atoms with Crippen molar-refractivity contribution >= 4 is 41.8 Å². The summed E-state index contributed by atoms with van der Waals surface area (Å²) in [5.41, 5.74) is 1.83. The maximum atomic E-state index is 13.8. The molecule has 2 heterocycles. The molecule has 0 bridgehead atoms. The summed E-state index contributed by atoms with van der Waals surface area (Å²) in [5.74, 6) is 0.709. The number of aryl methyl sites for hydroxylation is 1. The number of fused-ring (bicyclic) bond motifs is 1. The van der Waals surface area contributed by atoms with Crippen LogP contribution in [-0.2, 0) is 11.3 Å². The van der Waals surface area contributed by atoms with Crippen molar-refractivity contribution in [3.63, 3.8) is 0 Å². The Hall–Kier alpha value is -1.85. The Labute approximate surface area is 203 Å². The Balaban J connectivity index is 0.00000256. The third-order valence-electron chi connectivity index (χ3n) is 5.60. The van der Waals surface area contributed by atoms with Crippen molar-refractivity contribution in [2.75, 3.05) is 33.4 Å². The number of imidazole rings is 1. The van der Waals surface area contributed by atoms with Crippen LogP contribution in [-0.4, -0.2) is 59.8 Å². The van der Waals surface area contributed by atoms with Crippen LogP contribution in [0.2, 0.25) is 0 Å². The van der Waals surface area contributed by atoms with Crippen LogP contribution in [0.15, 0.2) is 24.3 Å². The summed E-state index contributed by atoms with van der Waals surface area (Å²) in [6.07, 6.45) is 2.55. The lowest BCUT2D eigenvalue weighted by atomic mass is 9.95. The van der Waals surface area contributed by atoms with E-state index in [1.807, 2.05) is 29.2 Å². The number of nitrogens with one attached hydrogen (secondary N) is 1. The quantitative estimate of drug-likeness (QED) is 0.546. The Kier molecular flexibility index (Phi) is 12.0. The Morgan fingerprint density at radius 2 is 2.06 bits per heavy atom. The van der Waals surface area contributed by atoms with Crippen LogP contribution < -0.4 is 5.32 Å². The lowest BCUT2D eigenvalue weighted by molar-refractivity contribution is 0.0586. The largest absolute Gasteiger partial charge is 0.385 e. The van der Waals surface area contributed by atoms with E-state index in [-0.39, 0.29) is 42.7 Å². The van der Waals surface area contributed by atoms with Crippen molar-refractivity contribution in [2.24, 2.45) is 11.8 Å². The van der Waals surface area contributed by atoms with Crippen LogP contribution in [0.3, 0.4) is 0 Å². The van der Waals surface area contributed by atoms with Crippen molar-refractivity contribution in [1.82, 2.24) is 19.8 Å². The molecule has 0 spiro atoms. The van der Waals surface area contributed by atoms with E-state index >= 15 is 0 Å². The number of nitrogens with zero attached hydrogens (tertiary/aromatic N) is 4. The molecule has 1 aliphatic heterocycles. The van der Waals surface area contributed by atoms with Gasteiger partial charge < -0.3 is 19.5 Å². The topological polar surface area (TPSA) is 83.2 Å². The van der Waals surface area contributed by atoms with Crippen molar-refractivity contribution in [2.45, 2.75) is 45.7 Å². The molecule has 0 aliphatic carbocycles. The van der Waals surface area contributed by atoms with Gasteiger partial charge in [-0.05, 0) is 37.3 Å². The van der Waals surface area contributed by atoms with Crippen LogP contribution in [0.25, 0.3) is 11.0 Å². The predicted octanol–water partition coefficient (Wildman–Crippen LogP) is 3.91. The van der Waals surface area contributed by atoms with E-state index in [0.717, 1.165) is 30.4 Å². The van der Waals surface area contributed by atoms with Gasteiger partial charge in [0, 0.05) is 45.9 Å². The van der Waals surface area contributed by atoms with E-state index in [1.54, 1.807) is 7.11 Å². The number of para-hydroxylation sites is 2. The molecular formula is C23H35Cl2N5O2. The summed E-state index contributed by atoms with van der Waals surface area (Å²) in [4.78, 5) is 20.4. The number of carbonyl (C=O) groups is 1. The maximum Gasteiger partial charge on any atom is 0.290 e. The highest BCUT2D eigenvalue weighted by molar-refractivity contribution is 5.95. The number of piperidine rings is 1. The molecule has 1 N–H and O–H groups in total. The molecule has 7 nitrogen and oxygen atoms in total. The third-order valence-corrected chi connectivity index (χ3v) is 5.60. The number of hydrogen-bond donors (Lipinski definition) is 1. The van der Waals surface area contributed by atoms with Crippen molar-refractivity contribution in [3.05, 3.63) is 30.1 Å². The van der Waals surface area contributed by atoms with E-state index in [9.17, 15) is 10.1 Å². The van der Waals surface area contributed by atoms with E-state index < -0.39 is 0 Å². The van der Waals surface area contributed by atoms with Gasteiger partial charge in [0.15, 0.2) is 5.82 Å².